The molecule has 0 saturated heterocycles. The number of ether oxygens (including phenoxy) is 1. The van der Waals surface area contributed by atoms with Gasteiger partial charge in [-0.3, -0.25) is 0 Å². The van der Waals surface area contributed by atoms with Crippen molar-refractivity contribution in [1.29, 1.82) is 0 Å². The molecule has 0 bridgehead atoms. The van der Waals surface area contributed by atoms with Crippen molar-refractivity contribution in [3.05, 3.63) is 57.5 Å². The molecule has 18 heavy (non-hydrogen) atoms. The summed E-state index contributed by atoms with van der Waals surface area (Å²) in [6.07, 6.45) is 0. The van der Waals surface area contributed by atoms with E-state index in [4.69, 9.17) is 9.84 Å². The maximum Gasteiger partial charge on any atom is 0.336 e. The molecular weight excluding hydrogens is 255 g/mol. The van der Waals surface area contributed by atoms with Crippen molar-refractivity contribution in [3.63, 3.8) is 0 Å². The first-order valence-electron chi connectivity index (χ1n) is 5.28. The van der Waals surface area contributed by atoms with Crippen LogP contribution in [0.15, 0.2) is 35.7 Å². The summed E-state index contributed by atoms with van der Waals surface area (Å²) in [6, 6.07) is 7.53. The number of aromatic carboxylic acids is 1. The van der Waals surface area contributed by atoms with E-state index in [0.717, 1.165) is 10.9 Å². The van der Waals surface area contributed by atoms with Crippen LogP contribution in [0, 0.1) is 5.82 Å². The third-order valence-electron chi connectivity index (χ3n) is 2.38. The number of hydrogen-bond donors (Lipinski definition) is 1. The van der Waals surface area contributed by atoms with Crippen molar-refractivity contribution < 1.29 is 19.0 Å². The summed E-state index contributed by atoms with van der Waals surface area (Å²) in [5.74, 6) is -1.71. The Hall–Kier alpha value is -1.72. The largest absolute Gasteiger partial charge is 0.478 e. The Morgan fingerprint density at radius 1 is 1.33 bits per heavy atom. The van der Waals surface area contributed by atoms with Gasteiger partial charge in [0, 0.05) is 4.88 Å². The lowest BCUT2D eigenvalue weighted by Crippen LogP contribution is -2.04. The van der Waals surface area contributed by atoms with Gasteiger partial charge in [-0.25, -0.2) is 9.18 Å². The zero-order valence-corrected chi connectivity index (χ0v) is 10.2. The predicted octanol–water partition coefficient (Wildman–Crippen LogP) is 3.30. The average Bonchev–Trinajstić information content (AvgIpc) is 2.84. The maximum absolute atomic E-state index is 13.0. The minimum atomic E-state index is -1.15. The van der Waals surface area contributed by atoms with Crippen molar-refractivity contribution in [2.45, 2.75) is 13.2 Å². The number of hydrogen-bond acceptors (Lipinski definition) is 3. The summed E-state index contributed by atoms with van der Waals surface area (Å²) in [5, 5.41) is 10.9. The molecule has 0 fully saturated rings. The van der Waals surface area contributed by atoms with Crippen molar-refractivity contribution in [2.75, 3.05) is 0 Å². The van der Waals surface area contributed by atoms with Crippen molar-refractivity contribution >= 4 is 17.3 Å². The first-order valence-corrected chi connectivity index (χ1v) is 6.16. The molecule has 0 saturated carbocycles. The number of carboxylic acids is 1. The Kier molecular flexibility index (Phi) is 4.07. The van der Waals surface area contributed by atoms with Gasteiger partial charge in [-0.2, -0.15) is 0 Å². The fourth-order valence-electron chi connectivity index (χ4n) is 1.53. The molecule has 0 aliphatic rings. The minimum absolute atomic E-state index is 0.0545. The van der Waals surface area contributed by atoms with Crippen LogP contribution >= 0.6 is 11.3 Å². The lowest BCUT2D eigenvalue weighted by atomic mass is 10.1. The van der Waals surface area contributed by atoms with Gasteiger partial charge in [0.05, 0.1) is 18.8 Å². The summed E-state index contributed by atoms with van der Waals surface area (Å²) < 4.78 is 18.4. The highest BCUT2D eigenvalue weighted by molar-refractivity contribution is 7.09. The Bertz CT molecular complexity index is 537. The van der Waals surface area contributed by atoms with Crippen LogP contribution in [0.25, 0.3) is 0 Å². The van der Waals surface area contributed by atoms with E-state index < -0.39 is 11.8 Å². The van der Waals surface area contributed by atoms with Crippen LogP contribution in [0.1, 0.15) is 20.8 Å². The Labute approximate surface area is 107 Å². The molecule has 0 amide bonds. The number of carbonyl (C=O) groups is 1. The second-order valence-corrected chi connectivity index (χ2v) is 4.71. The SMILES string of the molecule is O=C(O)c1cc(F)ccc1COCc1cccs1. The van der Waals surface area contributed by atoms with E-state index in [1.54, 1.807) is 11.3 Å². The molecular formula is C13H11FO3S. The third kappa shape index (κ3) is 3.15. The molecule has 1 aromatic heterocycles. The number of halogens is 1. The molecule has 0 aliphatic carbocycles. The van der Waals surface area contributed by atoms with Crippen LogP contribution < -0.4 is 0 Å². The van der Waals surface area contributed by atoms with Crippen molar-refractivity contribution in [1.82, 2.24) is 0 Å². The highest BCUT2D eigenvalue weighted by Gasteiger charge is 2.11. The van der Waals surface area contributed by atoms with Gasteiger partial charge in [-0.15, -0.1) is 11.3 Å². The van der Waals surface area contributed by atoms with Crippen LogP contribution in [0.3, 0.4) is 0 Å². The Morgan fingerprint density at radius 2 is 2.17 bits per heavy atom. The van der Waals surface area contributed by atoms with E-state index in [2.05, 4.69) is 0 Å². The molecule has 5 heteroatoms. The predicted molar refractivity (Wildman–Crippen MR) is 66.2 cm³/mol. The van der Waals surface area contributed by atoms with E-state index in [1.165, 1.54) is 12.1 Å². The highest BCUT2D eigenvalue weighted by atomic mass is 32.1. The van der Waals surface area contributed by atoms with Crippen LogP contribution in [0.2, 0.25) is 0 Å². The first kappa shape index (κ1) is 12.7. The summed E-state index contributed by atoms with van der Waals surface area (Å²) >= 11 is 1.57. The van der Waals surface area contributed by atoms with Crippen molar-refractivity contribution in [2.24, 2.45) is 0 Å². The molecule has 2 aromatic rings. The molecule has 2 rings (SSSR count). The zero-order valence-electron chi connectivity index (χ0n) is 9.43. The third-order valence-corrected chi connectivity index (χ3v) is 3.23. The number of thiophene rings is 1. The molecule has 0 aliphatic heterocycles. The number of carboxylic acid groups (broad SMARTS) is 1. The van der Waals surface area contributed by atoms with Gasteiger partial charge < -0.3 is 9.84 Å². The quantitative estimate of drug-likeness (QED) is 0.903. The number of benzene rings is 1. The van der Waals surface area contributed by atoms with Crippen LogP contribution in [-0.2, 0) is 18.0 Å². The van der Waals surface area contributed by atoms with E-state index in [0.29, 0.717) is 12.2 Å². The molecule has 0 spiro atoms. The zero-order chi connectivity index (χ0) is 13.0. The molecule has 1 N–H and O–H groups in total. The molecule has 0 radical (unpaired) electrons. The van der Waals surface area contributed by atoms with E-state index >= 15 is 0 Å². The topological polar surface area (TPSA) is 46.5 Å². The lowest BCUT2D eigenvalue weighted by molar-refractivity contribution is 0.0684. The summed E-state index contributed by atoms with van der Waals surface area (Å²) in [7, 11) is 0. The summed E-state index contributed by atoms with van der Waals surface area (Å²) in [6.45, 7) is 0.577. The van der Waals surface area contributed by atoms with E-state index in [9.17, 15) is 9.18 Å². The van der Waals surface area contributed by atoms with Crippen LogP contribution in [-0.4, -0.2) is 11.1 Å². The second kappa shape index (κ2) is 5.75. The summed E-state index contributed by atoms with van der Waals surface area (Å²) in [5.41, 5.74) is 0.418. The van der Waals surface area contributed by atoms with Crippen LogP contribution in [0.4, 0.5) is 4.39 Å². The average molecular weight is 266 g/mol. The Morgan fingerprint density at radius 3 is 2.83 bits per heavy atom. The number of rotatable bonds is 5. The normalized spacial score (nSPS) is 10.5. The smallest absolute Gasteiger partial charge is 0.336 e. The van der Waals surface area contributed by atoms with Crippen molar-refractivity contribution in [3.8, 4) is 0 Å². The standard InChI is InChI=1S/C13H11FO3S/c14-10-4-3-9(12(6-10)13(15)16)7-17-8-11-2-1-5-18-11/h1-6H,7-8H2,(H,15,16). The van der Waals surface area contributed by atoms with Gasteiger partial charge in [-0.05, 0) is 29.1 Å². The first-order chi connectivity index (χ1) is 8.66. The highest BCUT2D eigenvalue weighted by Crippen LogP contribution is 2.15. The molecule has 0 atom stereocenters. The van der Waals surface area contributed by atoms with E-state index in [-0.39, 0.29) is 12.2 Å². The van der Waals surface area contributed by atoms with Gasteiger partial charge >= 0.3 is 5.97 Å². The summed E-state index contributed by atoms with van der Waals surface area (Å²) in [4.78, 5) is 12.0. The Balaban J connectivity index is 2.02. The fourth-order valence-corrected chi connectivity index (χ4v) is 2.17. The maximum atomic E-state index is 13.0. The van der Waals surface area contributed by atoms with Gasteiger partial charge in [0.25, 0.3) is 0 Å². The van der Waals surface area contributed by atoms with Gasteiger partial charge in [0.2, 0.25) is 0 Å². The molecule has 1 aromatic carbocycles. The lowest BCUT2D eigenvalue weighted by Gasteiger charge is -2.06. The van der Waals surface area contributed by atoms with E-state index in [1.807, 2.05) is 17.5 Å². The van der Waals surface area contributed by atoms with Crippen LogP contribution in [0.5, 0.6) is 0 Å². The molecule has 94 valence electrons. The minimum Gasteiger partial charge on any atom is -0.478 e. The molecule has 0 unspecified atom stereocenters. The molecule has 1 heterocycles. The second-order valence-electron chi connectivity index (χ2n) is 3.68. The molecule has 3 nitrogen and oxygen atoms in total. The van der Waals surface area contributed by atoms with Gasteiger partial charge in [0.15, 0.2) is 0 Å². The monoisotopic (exact) mass is 266 g/mol. The fraction of sp³-hybridized carbons (Fsp3) is 0.154. The van der Waals surface area contributed by atoms with Gasteiger partial charge in [-0.1, -0.05) is 12.1 Å². The van der Waals surface area contributed by atoms with Gasteiger partial charge in [0.1, 0.15) is 5.82 Å².